The Labute approximate surface area is 169 Å². The number of carbonyl (C=O) groups excluding carboxylic acids is 2. The van der Waals surface area contributed by atoms with Gasteiger partial charge in [0.05, 0.1) is 13.3 Å². The predicted octanol–water partition coefficient (Wildman–Crippen LogP) is -0.00240. The highest BCUT2D eigenvalue weighted by Crippen LogP contribution is 2.11. The summed E-state index contributed by atoms with van der Waals surface area (Å²) in [5, 5.41) is 6.43. The fraction of sp³-hybridized carbons (Fsp3) is 0.389. The number of hydrogen-bond donors (Lipinski definition) is 2. The molecule has 2 N–H and O–H groups in total. The van der Waals surface area contributed by atoms with Crippen LogP contribution in [-0.2, 0) is 37.8 Å². The Morgan fingerprint density at radius 3 is 2.52 bits per heavy atom. The second-order valence-corrected chi connectivity index (χ2v) is 7.96. The smallest absolute Gasteiger partial charge is 0.321 e. The van der Waals surface area contributed by atoms with Crippen LogP contribution in [0, 0.1) is 0 Å². The molecular weight excluding hydrogens is 400 g/mol. The van der Waals surface area contributed by atoms with Crippen LogP contribution in [0.3, 0.4) is 0 Å². The fourth-order valence-electron chi connectivity index (χ4n) is 2.33. The van der Waals surface area contributed by atoms with E-state index >= 15 is 0 Å². The molecule has 1 heterocycles. The molecule has 1 unspecified atom stereocenters. The van der Waals surface area contributed by atoms with Gasteiger partial charge in [-0.25, -0.2) is 8.42 Å². The van der Waals surface area contributed by atoms with Crippen LogP contribution in [0.25, 0.3) is 0 Å². The van der Waals surface area contributed by atoms with Crippen molar-refractivity contribution < 1.29 is 27.5 Å². The molecule has 1 amide bonds. The molecule has 0 aliphatic rings. The van der Waals surface area contributed by atoms with Crippen LogP contribution in [0.15, 0.2) is 41.6 Å². The molecule has 0 saturated heterocycles. The topological polar surface area (TPSA) is 129 Å². The summed E-state index contributed by atoms with van der Waals surface area (Å²) in [5.41, 5.74) is 1.01. The lowest BCUT2D eigenvalue weighted by Gasteiger charge is -2.14. The van der Waals surface area contributed by atoms with Gasteiger partial charge in [0.25, 0.3) is 5.91 Å². The minimum atomic E-state index is -3.88. The summed E-state index contributed by atoms with van der Waals surface area (Å²) in [6.07, 6.45) is 2.00. The van der Waals surface area contributed by atoms with E-state index in [9.17, 15) is 18.0 Å². The summed E-state index contributed by atoms with van der Waals surface area (Å²) in [6, 6.07) is 7.44. The van der Waals surface area contributed by atoms with Crippen LogP contribution in [0.4, 0.5) is 0 Å². The van der Waals surface area contributed by atoms with Gasteiger partial charge in [0.15, 0.2) is 6.10 Å². The van der Waals surface area contributed by atoms with Gasteiger partial charge < -0.3 is 14.8 Å². The van der Waals surface area contributed by atoms with Gasteiger partial charge in [-0.15, -0.1) is 0 Å². The van der Waals surface area contributed by atoms with Crippen LogP contribution in [0.1, 0.15) is 12.5 Å². The highest BCUT2D eigenvalue weighted by Gasteiger charge is 2.21. The third-order valence-corrected chi connectivity index (χ3v) is 5.30. The number of nitrogens with zero attached hydrogens (tertiary/aromatic N) is 2. The van der Waals surface area contributed by atoms with Crippen molar-refractivity contribution in [3.8, 4) is 5.75 Å². The zero-order valence-corrected chi connectivity index (χ0v) is 17.2. The number of sulfonamides is 1. The van der Waals surface area contributed by atoms with Crippen molar-refractivity contribution in [2.24, 2.45) is 7.05 Å². The molecule has 1 aromatic carbocycles. The lowest BCUT2D eigenvalue weighted by molar-refractivity contribution is -0.153. The first-order valence-electron chi connectivity index (χ1n) is 8.79. The Hall–Kier alpha value is -2.92. The lowest BCUT2D eigenvalue weighted by atomic mass is 10.1. The largest absolute Gasteiger partial charge is 0.497 e. The van der Waals surface area contributed by atoms with Gasteiger partial charge in [-0.05, 0) is 31.0 Å². The quantitative estimate of drug-likeness (QED) is 0.514. The first-order valence-corrected chi connectivity index (χ1v) is 10.3. The number of methoxy groups -OCH3 is 1. The summed E-state index contributed by atoms with van der Waals surface area (Å²) in [5.74, 6) is -0.588. The van der Waals surface area contributed by atoms with Gasteiger partial charge >= 0.3 is 5.97 Å². The Balaban J connectivity index is 1.73. The van der Waals surface area contributed by atoms with E-state index in [-0.39, 0.29) is 4.90 Å². The maximum absolute atomic E-state index is 12.0. The van der Waals surface area contributed by atoms with Crippen LogP contribution in [-0.4, -0.2) is 56.4 Å². The number of aromatic nitrogens is 2. The molecule has 2 rings (SSSR count). The maximum atomic E-state index is 12.0. The van der Waals surface area contributed by atoms with Crippen molar-refractivity contribution in [1.82, 2.24) is 19.8 Å². The molecule has 29 heavy (non-hydrogen) atoms. The zero-order valence-electron chi connectivity index (χ0n) is 16.4. The number of hydrogen-bond acceptors (Lipinski definition) is 7. The van der Waals surface area contributed by atoms with E-state index in [1.807, 2.05) is 24.3 Å². The molecule has 11 heteroatoms. The Morgan fingerprint density at radius 2 is 1.93 bits per heavy atom. The fourth-order valence-corrected chi connectivity index (χ4v) is 3.28. The maximum Gasteiger partial charge on any atom is 0.321 e. The van der Waals surface area contributed by atoms with Gasteiger partial charge in [-0.2, -0.15) is 9.82 Å². The number of esters is 1. The number of rotatable bonds is 10. The summed E-state index contributed by atoms with van der Waals surface area (Å²) < 4.78 is 37.5. The highest BCUT2D eigenvalue weighted by atomic mass is 32.2. The minimum Gasteiger partial charge on any atom is -0.497 e. The number of carbonyl (C=O) groups is 2. The number of nitrogens with one attached hydrogen (secondary N) is 2. The normalized spacial score (nSPS) is 12.2. The summed E-state index contributed by atoms with van der Waals surface area (Å²) in [7, 11) is -0.727. The van der Waals surface area contributed by atoms with Crippen LogP contribution >= 0.6 is 0 Å². The first kappa shape index (κ1) is 22.4. The van der Waals surface area contributed by atoms with Gasteiger partial charge in [0.2, 0.25) is 10.0 Å². The van der Waals surface area contributed by atoms with Gasteiger partial charge in [0, 0.05) is 19.8 Å². The third kappa shape index (κ3) is 6.88. The molecular formula is C18H24N4O6S. The molecule has 0 aliphatic carbocycles. The number of aryl methyl sites for hydroxylation is 1. The average molecular weight is 424 g/mol. The molecule has 0 spiro atoms. The van der Waals surface area contributed by atoms with E-state index in [0.717, 1.165) is 17.5 Å². The molecule has 0 saturated carbocycles. The van der Waals surface area contributed by atoms with Gasteiger partial charge in [-0.3, -0.25) is 14.3 Å². The Bertz CT molecular complexity index is 940. The van der Waals surface area contributed by atoms with E-state index in [1.165, 1.54) is 17.8 Å². The molecule has 1 atom stereocenters. The standard InChI is InChI=1S/C18H24N4O6S/c1-13(18(24)19-9-8-14-4-6-15(27-3)7-5-14)28-17(23)11-21-29(25,26)16-10-20-22(2)12-16/h4-7,10,12-13,21H,8-9,11H2,1-3H3,(H,19,24). The SMILES string of the molecule is COc1ccc(CCNC(=O)C(C)OC(=O)CNS(=O)(=O)c2cnn(C)c2)cc1. The van der Waals surface area contributed by atoms with E-state index in [0.29, 0.717) is 13.0 Å². The molecule has 0 aliphatic heterocycles. The van der Waals surface area contributed by atoms with Crippen LogP contribution < -0.4 is 14.8 Å². The molecule has 158 valence electrons. The second kappa shape index (κ2) is 10.0. The van der Waals surface area contributed by atoms with Crippen LogP contribution in [0.5, 0.6) is 5.75 Å². The molecule has 0 radical (unpaired) electrons. The van der Waals surface area contributed by atoms with E-state index < -0.39 is 34.5 Å². The van der Waals surface area contributed by atoms with Crippen molar-refractivity contribution in [1.29, 1.82) is 0 Å². The summed E-state index contributed by atoms with van der Waals surface area (Å²) >= 11 is 0. The second-order valence-electron chi connectivity index (χ2n) is 6.20. The number of benzene rings is 1. The highest BCUT2D eigenvalue weighted by molar-refractivity contribution is 7.89. The van der Waals surface area contributed by atoms with Crippen molar-refractivity contribution >= 4 is 21.9 Å². The third-order valence-electron chi connectivity index (χ3n) is 3.95. The Morgan fingerprint density at radius 1 is 1.24 bits per heavy atom. The van der Waals surface area contributed by atoms with E-state index in [4.69, 9.17) is 9.47 Å². The number of amides is 1. The summed E-state index contributed by atoms with van der Waals surface area (Å²) in [4.78, 5) is 23.8. The van der Waals surface area contributed by atoms with Gasteiger partial charge in [0.1, 0.15) is 17.2 Å². The minimum absolute atomic E-state index is 0.0721. The van der Waals surface area contributed by atoms with Crippen molar-refractivity contribution in [3.05, 3.63) is 42.2 Å². The summed E-state index contributed by atoms with van der Waals surface area (Å²) in [6.45, 7) is 1.18. The Kier molecular flexibility index (Phi) is 7.74. The molecule has 2 aromatic rings. The average Bonchev–Trinajstić information content (AvgIpc) is 3.14. The monoisotopic (exact) mass is 424 g/mol. The predicted molar refractivity (Wildman–Crippen MR) is 104 cm³/mol. The van der Waals surface area contributed by atoms with E-state index in [2.05, 4.69) is 15.1 Å². The molecule has 1 aromatic heterocycles. The number of ether oxygens (including phenoxy) is 2. The zero-order chi connectivity index (χ0) is 21.4. The molecule has 10 nitrogen and oxygen atoms in total. The molecule has 0 fully saturated rings. The van der Waals surface area contributed by atoms with Crippen LogP contribution in [0.2, 0.25) is 0 Å². The first-order chi connectivity index (χ1) is 13.7. The van der Waals surface area contributed by atoms with Crippen molar-refractivity contribution in [2.45, 2.75) is 24.3 Å². The van der Waals surface area contributed by atoms with Gasteiger partial charge in [-0.1, -0.05) is 12.1 Å². The van der Waals surface area contributed by atoms with Crippen molar-refractivity contribution in [3.63, 3.8) is 0 Å². The van der Waals surface area contributed by atoms with Crippen molar-refractivity contribution in [2.75, 3.05) is 20.2 Å². The van der Waals surface area contributed by atoms with E-state index in [1.54, 1.807) is 14.2 Å². The molecule has 0 bridgehead atoms. The lowest BCUT2D eigenvalue weighted by Crippen LogP contribution is -2.39.